The smallest absolute Gasteiger partial charge is 0.263 e. The summed E-state index contributed by atoms with van der Waals surface area (Å²) in [4.78, 5) is 24.6. The summed E-state index contributed by atoms with van der Waals surface area (Å²) in [5, 5.41) is 7.23. The minimum atomic E-state index is -0.542. The van der Waals surface area contributed by atoms with Crippen molar-refractivity contribution in [2.75, 3.05) is 0 Å². The van der Waals surface area contributed by atoms with Crippen molar-refractivity contribution in [2.24, 2.45) is 0 Å². The highest BCUT2D eigenvalue weighted by Gasteiger charge is 2.38. The number of nitrogens with zero attached hydrogens (tertiary/aromatic N) is 1. The van der Waals surface area contributed by atoms with E-state index in [0.717, 1.165) is 22.0 Å². The zero-order valence-electron chi connectivity index (χ0n) is 16.8. The molecule has 152 valence electrons. The Hall–Kier alpha value is -3.71. The molecule has 0 unspecified atom stereocenters. The van der Waals surface area contributed by atoms with Crippen LogP contribution in [0.25, 0.3) is 33.8 Å². The molecule has 1 saturated heterocycles. The fraction of sp³-hybridized carbons (Fsp3) is 0.125. The van der Waals surface area contributed by atoms with Gasteiger partial charge in [0.2, 0.25) is 5.88 Å². The largest absolute Gasteiger partial charge is 0.440 e. The van der Waals surface area contributed by atoms with Crippen molar-refractivity contribution in [3.8, 4) is 5.88 Å². The highest BCUT2D eigenvalue weighted by atomic mass is 32.1. The van der Waals surface area contributed by atoms with Gasteiger partial charge in [-0.15, -0.1) is 0 Å². The molecule has 0 spiro atoms. The zero-order valence-corrected chi connectivity index (χ0v) is 17.6. The molecule has 4 heterocycles. The summed E-state index contributed by atoms with van der Waals surface area (Å²) in [6.45, 7) is 4.32. The van der Waals surface area contributed by atoms with E-state index in [2.05, 4.69) is 59.4 Å². The van der Waals surface area contributed by atoms with E-state index in [0.29, 0.717) is 11.6 Å². The van der Waals surface area contributed by atoms with Crippen molar-refractivity contribution in [1.29, 1.82) is 0 Å². The van der Waals surface area contributed by atoms with Crippen LogP contribution >= 0.6 is 12.2 Å². The highest BCUT2D eigenvalue weighted by Crippen LogP contribution is 2.48. The molecule has 7 heteroatoms. The predicted octanol–water partition coefficient (Wildman–Crippen LogP) is 3.93. The first kappa shape index (κ1) is 18.1. The van der Waals surface area contributed by atoms with E-state index in [9.17, 15) is 9.59 Å². The maximum atomic E-state index is 12.3. The van der Waals surface area contributed by atoms with Crippen molar-refractivity contribution < 1.29 is 14.0 Å². The number of aromatic nitrogens is 1. The first-order valence-corrected chi connectivity index (χ1v) is 10.3. The molecule has 6 nitrogen and oxygen atoms in total. The lowest BCUT2D eigenvalue weighted by Crippen LogP contribution is -2.51. The van der Waals surface area contributed by atoms with Gasteiger partial charge in [-0.3, -0.25) is 24.8 Å². The molecule has 2 aliphatic rings. The second kappa shape index (κ2) is 5.92. The molecular formula is C24H17N3O3S. The number of rotatable bonds is 1. The van der Waals surface area contributed by atoms with Gasteiger partial charge < -0.3 is 4.42 Å². The van der Waals surface area contributed by atoms with E-state index in [1.54, 1.807) is 0 Å². The molecule has 0 saturated carbocycles. The van der Waals surface area contributed by atoms with E-state index in [-0.39, 0.29) is 16.1 Å². The van der Waals surface area contributed by atoms with Crippen LogP contribution in [0.15, 0.2) is 58.5 Å². The summed E-state index contributed by atoms with van der Waals surface area (Å²) in [5.41, 5.74) is 4.00. The van der Waals surface area contributed by atoms with Gasteiger partial charge in [-0.05, 0) is 36.0 Å². The second-order valence-electron chi connectivity index (χ2n) is 8.34. The lowest BCUT2D eigenvalue weighted by atomic mass is 9.76. The molecule has 0 radical (unpaired) electrons. The molecule has 2 aliphatic heterocycles. The van der Waals surface area contributed by atoms with Crippen molar-refractivity contribution in [2.45, 2.75) is 19.3 Å². The van der Waals surface area contributed by atoms with Crippen molar-refractivity contribution in [3.63, 3.8) is 0 Å². The molecule has 6 rings (SSSR count). The standard InChI is InChI=1S/C24H17N3O3S/c1-24(2)16-8-5-7-14-13-6-3-4-9-18(13)27(19(14)16)22-17(24)11-12(30-22)10-15-20(28)25-23(31)26-21(15)29/h3-11H,1-2H3,(H2,25,26,28,29,31). The number of para-hydroxylation sites is 2. The molecule has 4 aromatic rings. The Balaban J connectivity index is 1.64. The number of carbonyl (C=O) groups excluding carboxylic acids is 2. The monoisotopic (exact) mass is 427 g/mol. The van der Waals surface area contributed by atoms with Gasteiger partial charge in [0.05, 0.1) is 11.0 Å². The van der Waals surface area contributed by atoms with Crippen LogP contribution in [-0.2, 0) is 15.0 Å². The lowest BCUT2D eigenvalue weighted by molar-refractivity contribution is -0.123. The Morgan fingerprint density at radius 1 is 0.968 bits per heavy atom. The van der Waals surface area contributed by atoms with Crippen molar-refractivity contribution >= 4 is 57.0 Å². The molecule has 2 aromatic heterocycles. The van der Waals surface area contributed by atoms with Gasteiger partial charge in [0.1, 0.15) is 11.3 Å². The molecular weight excluding hydrogens is 410 g/mol. The number of hydrogen-bond donors (Lipinski definition) is 2. The van der Waals surface area contributed by atoms with Crippen LogP contribution in [0.1, 0.15) is 30.7 Å². The number of thiocarbonyl (C=S) groups is 1. The van der Waals surface area contributed by atoms with Gasteiger partial charge in [0, 0.05) is 21.8 Å². The average molecular weight is 427 g/mol. The normalized spacial score (nSPS) is 17.0. The van der Waals surface area contributed by atoms with Crippen molar-refractivity contribution in [1.82, 2.24) is 15.2 Å². The summed E-state index contributed by atoms with van der Waals surface area (Å²) in [5.74, 6) is 0.0535. The minimum absolute atomic E-state index is 0.00340. The fourth-order valence-electron chi connectivity index (χ4n) is 4.71. The van der Waals surface area contributed by atoms with Gasteiger partial charge in [-0.2, -0.15) is 0 Å². The quantitative estimate of drug-likeness (QED) is 0.274. The third-order valence-corrected chi connectivity index (χ3v) is 6.41. The third-order valence-electron chi connectivity index (χ3n) is 6.21. The Kier molecular flexibility index (Phi) is 3.46. The molecule has 0 atom stereocenters. The number of hydrogen-bond acceptors (Lipinski definition) is 4. The van der Waals surface area contributed by atoms with Crippen LogP contribution in [0.2, 0.25) is 0 Å². The minimum Gasteiger partial charge on any atom is -0.440 e. The van der Waals surface area contributed by atoms with E-state index in [1.807, 2.05) is 18.2 Å². The number of amides is 2. The summed E-state index contributed by atoms with van der Waals surface area (Å²) < 4.78 is 8.41. The zero-order chi connectivity index (χ0) is 21.5. The van der Waals surface area contributed by atoms with E-state index in [1.165, 1.54) is 17.0 Å². The van der Waals surface area contributed by atoms with Crippen molar-refractivity contribution in [3.05, 3.63) is 71.0 Å². The van der Waals surface area contributed by atoms with Crippen LogP contribution in [0.4, 0.5) is 0 Å². The molecule has 1 fully saturated rings. The summed E-state index contributed by atoms with van der Waals surface area (Å²) >= 11 is 4.87. The first-order valence-electron chi connectivity index (χ1n) is 9.92. The Morgan fingerprint density at radius 3 is 2.45 bits per heavy atom. The highest BCUT2D eigenvalue weighted by molar-refractivity contribution is 7.80. The summed E-state index contributed by atoms with van der Waals surface area (Å²) in [6.07, 6.45) is 1.47. The molecule has 0 aliphatic carbocycles. The first-order chi connectivity index (χ1) is 14.9. The predicted molar refractivity (Wildman–Crippen MR) is 122 cm³/mol. The van der Waals surface area contributed by atoms with Gasteiger partial charge in [0.15, 0.2) is 5.11 Å². The van der Waals surface area contributed by atoms with Gasteiger partial charge in [-0.25, -0.2) is 0 Å². The number of fused-ring (bicyclic) bond motifs is 5. The van der Waals surface area contributed by atoms with Gasteiger partial charge >= 0.3 is 0 Å². The average Bonchev–Trinajstić information content (AvgIpc) is 3.29. The molecule has 2 N–H and O–H groups in total. The maximum absolute atomic E-state index is 12.3. The number of furan rings is 1. The topological polar surface area (TPSA) is 76.3 Å². The van der Waals surface area contributed by atoms with Gasteiger partial charge in [0.25, 0.3) is 11.8 Å². The summed E-state index contributed by atoms with van der Waals surface area (Å²) in [7, 11) is 0. The number of nitrogens with one attached hydrogen (secondary N) is 2. The van der Waals surface area contributed by atoms with Crippen LogP contribution in [0.5, 0.6) is 0 Å². The van der Waals surface area contributed by atoms with Crippen LogP contribution in [0, 0.1) is 0 Å². The number of benzene rings is 2. The van der Waals surface area contributed by atoms with E-state index >= 15 is 0 Å². The molecule has 0 bridgehead atoms. The lowest BCUT2D eigenvalue weighted by Gasteiger charge is -2.31. The van der Waals surface area contributed by atoms with E-state index < -0.39 is 11.8 Å². The third kappa shape index (κ3) is 2.35. The Labute approximate surface area is 182 Å². The molecule has 2 amide bonds. The summed E-state index contributed by atoms with van der Waals surface area (Å²) in [6, 6.07) is 16.5. The molecule has 2 aromatic carbocycles. The fourth-order valence-corrected chi connectivity index (χ4v) is 4.90. The molecule has 31 heavy (non-hydrogen) atoms. The maximum Gasteiger partial charge on any atom is 0.263 e. The Bertz CT molecular complexity index is 1500. The SMILES string of the molecule is CC1(C)c2cc(C=C3C(=O)NC(=S)NC3=O)oc2-n2c3ccccc3c3cccc1c32. The van der Waals surface area contributed by atoms with Crippen LogP contribution in [0.3, 0.4) is 0 Å². The second-order valence-corrected chi connectivity index (χ2v) is 8.75. The Morgan fingerprint density at radius 2 is 1.68 bits per heavy atom. The van der Waals surface area contributed by atoms with E-state index in [4.69, 9.17) is 16.6 Å². The van der Waals surface area contributed by atoms with Crippen LogP contribution in [-0.4, -0.2) is 21.5 Å². The number of carbonyl (C=O) groups is 2. The van der Waals surface area contributed by atoms with Crippen LogP contribution < -0.4 is 10.6 Å². The van der Waals surface area contributed by atoms with Gasteiger partial charge in [-0.1, -0.05) is 50.2 Å².